The molecule has 6 heteroatoms. The van der Waals surface area contributed by atoms with Crippen molar-refractivity contribution in [1.29, 1.82) is 0 Å². The molecule has 0 rings (SSSR count). The molecule has 0 bridgehead atoms. The monoisotopic (exact) mass is 1110 g/mol. The van der Waals surface area contributed by atoms with E-state index in [2.05, 4.69) is 130 Å². The van der Waals surface area contributed by atoms with E-state index in [1.54, 1.807) is 0 Å². The molecule has 6 nitrogen and oxygen atoms in total. The van der Waals surface area contributed by atoms with E-state index in [1.807, 2.05) is 0 Å². The fraction of sp³-hybridized carbons (Fsp3) is 0.716. The molecule has 458 valence electrons. The maximum atomic E-state index is 12.9. The van der Waals surface area contributed by atoms with Crippen LogP contribution in [0.4, 0.5) is 0 Å². The number of carbonyl (C=O) groups is 3. The minimum Gasteiger partial charge on any atom is -0.462 e. The molecule has 0 aliphatic rings. The average Bonchev–Trinajstić information content (AvgIpc) is 3.46. The fourth-order valence-electron chi connectivity index (χ4n) is 9.53. The number of ether oxygens (including phenoxy) is 3. The van der Waals surface area contributed by atoms with Crippen LogP contribution in [0.2, 0.25) is 0 Å². The van der Waals surface area contributed by atoms with E-state index in [9.17, 15) is 14.4 Å². The molecule has 1 atom stereocenters. The fourth-order valence-corrected chi connectivity index (χ4v) is 9.53. The summed E-state index contributed by atoms with van der Waals surface area (Å²) in [7, 11) is 0. The Kier molecular flexibility index (Phi) is 64.3. The molecule has 0 heterocycles. The molecule has 0 amide bonds. The normalized spacial score (nSPS) is 12.8. The van der Waals surface area contributed by atoms with Gasteiger partial charge in [-0.05, 0) is 96.3 Å². The first kappa shape index (κ1) is 76.1. The van der Waals surface area contributed by atoms with Crippen molar-refractivity contribution in [2.24, 2.45) is 0 Å². The zero-order valence-electron chi connectivity index (χ0n) is 52.6. The lowest BCUT2D eigenvalue weighted by atomic mass is 10.0. The smallest absolute Gasteiger partial charge is 0.306 e. The maximum Gasteiger partial charge on any atom is 0.306 e. The predicted octanol–water partition coefficient (Wildman–Crippen LogP) is 23.4. The number of hydrogen-bond donors (Lipinski definition) is 0. The van der Waals surface area contributed by atoms with Crippen molar-refractivity contribution in [3.63, 3.8) is 0 Å². The van der Waals surface area contributed by atoms with Gasteiger partial charge in [-0.3, -0.25) is 14.4 Å². The minimum absolute atomic E-state index is 0.0976. The zero-order valence-corrected chi connectivity index (χ0v) is 52.6. The van der Waals surface area contributed by atoms with E-state index < -0.39 is 6.10 Å². The molecular formula is C74H126O6. The van der Waals surface area contributed by atoms with Crippen molar-refractivity contribution < 1.29 is 28.6 Å². The number of esters is 3. The van der Waals surface area contributed by atoms with Gasteiger partial charge in [0, 0.05) is 19.3 Å². The van der Waals surface area contributed by atoms with E-state index in [0.717, 1.165) is 109 Å². The molecule has 0 saturated heterocycles. The second kappa shape index (κ2) is 67.6. The Bertz CT molecular complexity index is 1610. The summed E-state index contributed by atoms with van der Waals surface area (Å²) in [4.78, 5) is 38.4. The van der Waals surface area contributed by atoms with Crippen molar-refractivity contribution in [3.05, 3.63) is 109 Å². The van der Waals surface area contributed by atoms with Gasteiger partial charge in [-0.25, -0.2) is 0 Å². The third-order valence-electron chi connectivity index (χ3n) is 14.5. The van der Waals surface area contributed by atoms with Crippen LogP contribution in [-0.4, -0.2) is 37.2 Å². The number of hydrogen-bond acceptors (Lipinski definition) is 6. The Morgan fingerprint density at radius 3 is 0.812 bits per heavy atom. The van der Waals surface area contributed by atoms with Crippen molar-refractivity contribution in [2.45, 2.75) is 329 Å². The van der Waals surface area contributed by atoms with Crippen LogP contribution in [0, 0.1) is 0 Å². The summed E-state index contributed by atoms with van der Waals surface area (Å²) >= 11 is 0. The van der Waals surface area contributed by atoms with Gasteiger partial charge in [0.2, 0.25) is 0 Å². The Balaban J connectivity index is 4.40. The molecule has 0 spiro atoms. The molecule has 1 unspecified atom stereocenters. The van der Waals surface area contributed by atoms with Crippen LogP contribution in [0.5, 0.6) is 0 Å². The topological polar surface area (TPSA) is 78.9 Å². The summed E-state index contributed by atoms with van der Waals surface area (Å²) in [5.41, 5.74) is 0. The van der Waals surface area contributed by atoms with Crippen molar-refractivity contribution in [1.82, 2.24) is 0 Å². The van der Waals surface area contributed by atoms with Crippen LogP contribution in [0.3, 0.4) is 0 Å². The van der Waals surface area contributed by atoms with Crippen molar-refractivity contribution >= 4 is 17.9 Å². The van der Waals surface area contributed by atoms with Crippen LogP contribution in [0.25, 0.3) is 0 Å². The second-order valence-corrected chi connectivity index (χ2v) is 22.3. The first-order valence-electron chi connectivity index (χ1n) is 33.9. The summed E-state index contributed by atoms with van der Waals surface area (Å²) in [5.74, 6) is -0.955. The van der Waals surface area contributed by atoms with Crippen LogP contribution in [0.15, 0.2) is 109 Å². The summed E-state index contributed by atoms with van der Waals surface area (Å²) in [6.07, 6.45) is 92.6. The summed E-state index contributed by atoms with van der Waals surface area (Å²) < 4.78 is 16.9. The van der Waals surface area contributed by atoms with Gasteiger partial charge in [0.25, 0.3) is 0 Å². The maximum absolute atomic E-state index is 12.9. The van der Waals surface area contributed by atoms with Gasteiger partial charge in [0.05, 0.1) is 0 Å². The summed E-state index contributed by atoms with van der Waals surface area (Å²) in [6.45, 7) is 6.40. The van der Waals surface area contributed by atoms with Gasteiger partial charge in [0.1, 0.15) is 13.2 Å². The standard InChI is InChI=1S/C74H126O6/c1-4-7-10-13-16-19-22-25-28-31-33-35-36-37-39-40-43-46-49-52-55-58-61-64-67-73(76)79-70-71(69-78-72(75)66-63-60-57-54-51-48-45-42-30-27-24-21-18-15-12-9-6-3)80-74(77)68-65-62-59-56-53-50-47-44-41-38-34-32-29-26-23-20-17-14-11-8-5-2/h8-9,11-12,17-18,20-21,26-27,29-30,34,38,45,48,54,57,71H,4-7,10,13-16,19,22-25,28,31-33,35-37,39-44,46-47,49-53,55-56,58-70H2,1-3H3/b11-8-,12-9-,20-17-,21-18-,29-26-,30-27-,38-34-,48-45-,57-54-. The average molecular weight is 1110 g/mol. The molecule has 0 N–H and O–H groups in total. The third-order valence-corrected chi connectivity index (χ3v) is 14.5. The third kappa shape index (κ3) is 64.9. The first-order valence-corrected chi connectivity index (χ1v) is 33.9. The number of rotatable bonds is 61. The summed E-state index contributed by atoms with van der Waals surface area (Å²) in [6, 6.07) is 0. The molecule has 0 aliphatic carbocycles. The van der Waals surface area contributed by atoms with Crippen LogP contribution >= 0.6 is 0 Å². The van der Waals surface area contributed by atoms with Crippen molar-refractivity contribution in [2.75, 3.05) is 13.2 Å². The quantitative estimate of drug-likeness (QED) is 0.0261. The van der Waals surface area contributed by atoms with E-state index in [-0.39, 0.29) is 37.5 Å². The molecule has 0 saturated carbocycles. The molecule has 0 aromatic heterocycles. The second-order valence-electron chi connectivity index (χ2n) is 22.3. The molecule has 0 aliphatic heterocycles. The minimum atomic E-state index is -0.808. The molecule has 0 fully saturated rings. The number of carbonyl (C=O) groups excluding carboxylic acids is 3. The first-order chi connectivity index (χ1) is 39.5. The number of allylic oxidation sites excluding steroid dienone is 18. The SMILES string of the molecule is CC/C=C\C/C=C\C/C=C\C/C=C\C/C=C\CCCC(=O)OCC(COC(=O)CCCCCCCCCCCCCCCCCCCCCCCCCC)OC(=O)CCCCCCCCCC/C=C\C/C=C\C/C=C\C/C=C\CC. The Labute approximate surface area is 495 Å². The lowest BCUT2D eigenvalue weighted by Gasteiger charge is -2.18. The number of unbranched alkanes of at least 4 members (excludes halogenated alkanes) is 32. The highest BCUT2D eigenvalue weighted by atomic mass is 16.6. The molecule has 0 aromatic carbocycles. The van der Waals surface area contributed by atoms with Gasteiger partial charge < -0.3 is 14.2 Å². The molecule has 0 aromatic rings. The lowest BCUT2D eigenvalue weighted by molar-refractivity contribution is -0.167. The highest BCUT2D eigenvalue weighted by molar-refractivity contribution is 5.71. The largest absolute Gasteiger partial charge is 0.462 e. The van der Waals surface area contributed by atoms with Gasteiger partial charge in [0.15, 0.2) is 6.10 Å². The lowest BCUT2D eigenvalue weighted by Crippen LogP contribution is -2.30. The van der Waals surface area contributed by atoms with Gasteiger partial charge in [-0.2, -0.15) is 0 Å². The predicted molar refractivity (Wildman–Crippen MR) is 348 cm³/mol. The van der Waals surface area contributed by atoms with E-state index in [4.69, 9.17) is 14.2 Å². The van der Waals surface area contributed by atoms with Gasteiger partial charge in [-0.1, -0.05) is 316 Å². The highest BCUT2D eigenvalue weighted by Gasteiger charge is 2.19. The van der Waals surface area contributed by atoms with Crippen LogP contribution < -0.4 is 0 Å². The van der Waals surface area contributed by atoms with Crippen molar-refractivity contribution in [3.8, 4) is 0 Å². The van der Waals surface area contributed by atoms with Gasteiger partial charge in [-0.15, -0.1) is 0 Å². The summed E-state index contributed by atoms with van der Waals surface area (Å²) in [5, 5.41) is 0. The van der Waals surface area contributed by atoms with Crippen LogP contribution in [-0.2, 0) is 28.6 Å². The van der Waals surface area contributed by atoms with Gasteiger partial charge >= 0.3 is 17.9 Å². The van der Waals surface area contributed by atoms with E-state index in [1.165, 1.54) is 167 Å². The molecule has 0 radical (unpaired) electrons. The van der Waals surface area contributed by atoms with E-state index >= 15 is 0 Å². The highest BCUT2D eigenvalue weighted by Crippen LogP contribution is 2.17. The molecular weight excluding hydrogens is 985 g/mol. The molecule has 80 heavy (non-hydrogen) atoms. The van der Waals surface area contributed by atoms with Crippen LogP contribution in [0.1, 0.15) is 323 Å². The Morgan fingerprint density at radius 1 is 0.263 bits per heavy atom. The van der Waals surface area contributed by atoms with E-state index in [0.29, 0.717) is 19.3 Å². The Hall–Kier alpha value is -3.93. The Morgan fingerprint density at radius 2 is 0.500 bits per heavy atom. The zero-order chi connectivity index (χ0) is 57.8.